The summed E-state index contributed by atoms with van der Waals surface area (Å²) in [5, 5.41) is -0.836. The second-order valence-corrected chi connectivity index (χ2v) is 19.3. The van der Waals surface area contributed by atoms with Crippen molar-refractivity contribution in [2.75, 3.05) is 13.7 Å². The van der Waals surface area contributed by atoms with Crippen molar-refractivity contribution in [3.8, 4) is 0 Å². The molecule has 0 saturated carbocycles. The van der Waals surface area contributed by atoms with Crippen molar-refractivity contribution in [1.82, 2.24) is 4.90 Å². The van der Waals surface area contributed by atoms with Crippen molar-refractivity contribution < 1.29 is 22.7 Å². The van der Waals surface area contributed by atoms with Crippen LogP contribution >= 0.6 is 0 Å². The molecule has 1 heterocycles. The number of hydrogen-bond donors (Lipinski definition) is 0. The van der Waals surface area contributed by atoms with Crippen molar-refractivity contribution in [3.05, 3.63) is 78.4 Å². The summed E-state index contributed by atoms with van der Waals surface area (Å²) in [5.74, 6) is -0.427. The van der Waals surface area contributed by atoms with Gasteiger partial charge in [0.1, 0.15) is 6.04 Å². The fraction of sp³-hybridized carbons (Fsp3) is 0.692. The van der Waals surface area contributed by atoms with Crippen LogP contribution in [0.4, 0.5) is 0 Å². The topological polar surface area (TPSA) is 80.8 Å². The number of amides is 1. The highest BCUT2D eigenvalue weighted by Gasteiger charge is 2.46. The lowest BCUT2D eigenvalue weighted by atomic mass is 9.90. The molecule has 1 amide bonds. The maximum atomic E-state index is 14.0. The molecule has 1 fully saturated rings. The Morgan fingerprint density at radius 2 is 1.07 bits per heavy atom. The molecule has 0 aromatic heterocycles. The lowest BCUT2D eigenvalue weighted by Crippen LogP contribution is -2.42. The minimum absolute atomic E-state index is 0.0252. The first-order valence-electron chi connectivity index (χ1n) is 24.0. The van der Waals surface area contributed by atoms with Gasteiger partial charge >= 0.3 is 5.97 Å². The molecule has 0 bridgehead atoms. The lowest BCUT2D eigenvalue weighted by molar-refractivity contribution is -0.151. The zero-order chi connectivity index (χ0) is 42.8. The number of carbonyl (C=O) groups is 2. The Hall–Kier alpha value is -2.93. The summed E-state index contributed by atoms with van der Waals surface area (Å²) in [6.45, 7) is 6.44. The van der Waals surface area contributed by atoms with E-state index in [0.717, 1.165) is 56.9 Å². The van der Waals surface area contributed by atoms with Gasteiger partial charge in [-0.25, -0.2) is 13.2 Å². The van der Waals surface area contributed by atoms with Gasteiger partial charge in [0.15, 0.2) is 9.84 Å². The zero-order valence-electron chi connectivity index (χ0n) is 38.1. The Bertz CT molecular complexity index is 1410. The molecule has 59 heavy (non-hydrogen) atoms. The Balaban J connectivity index is 1.84. The van der Waals surface area contributed by atoms with Gasteiger partial charge in [-0.15, -0.1) is 0 Å². The Morgan fingerprint density at radius 1 is 0.644 bits per heavy atom. The van der Waals surface area contributed by atoms with Crippen LogP contribution in [0.2, 0.25) is 0 Å². The summed E-state index contributed by atoms with van der Waals surface area (Å²) in [6, 6.07) is 5.95. The molecule has 2 rings (SSSR count). The molecule has 1 aliphatic rings. The number of carbonyl (C=O) groups excluding carboxylic acids is 2. The highest BCUT2D eigenvalue weighted by molar-refractivity contribution is 7.92. The molecule has 0 N–H and O–H groups in total. The number of esters is 1. The molecular formula is C52H85NO5S. The number of methoxy groups -OCH3 is 1. The molecule has 0 unspecified atom stereocenters. The van der Waals surface area contributed by atoms with Gasteiger partial charge < -0.3 is 9.64 Å². The molecule has 0 radical (unpaired) electrons. The highest BCUT2D eigenvalue weighted by Crippen LogP contribution is 2.31. The standard InChI is InChI=1S/C52H85NO5S/c1-5-7-9-11-13-15-17-19-21-23-25-27-29-31-33-35-37-47(38-36-34-32-30-28-26-24-22-20-18-16-14-12-10-8-6-2)43-51(54)53-45-49(44-50(53)52(55)58-4)59(56,57)48-41-39-46(3)40-42-48/h13-16,19-22,39-42,47,49-50H,5-12,17-18,23-38,43-45H2,1-4H3/t47?,49-,50-/m0/s1. The van der Waals surface area contributed by atoms with Gasteiger partial charge in [0.05, 0.1) is 17.3 Å². The molecule has 1 aliphatic heterocycles. The van der Waals surface area contributed by atoms with Crippen molar-refractivity contribution in [3.63, 3.8) is 0 Å². The minimum Gasteiger partial charge on any atom is -0.467 e. The third-order valence-electron chi connectivity index (χ3n) is 11.9. The summed E-state index contributed by atoms with van der Waals surface area (Å²) in [5.41, 5.74) is 0.977. The number of ether oxygens (including phenoxy) is 1. The SMILES string of the molecule is CCCCCC=CCC=CCCCCCCCCC(CCCCCCCCC=CCC=CCCCCC)CC(=O)N1C[C@@H](S(=O)(=O)c2ccc(C)cc2)C[C@H]1C(=O)OC. The number of hydrogen-bond acceptors (Lipinski definition) is 5. The number of nitrogens with zero attached hydrogens (tertiary/aromatic N) is 1. The largest absolute Gasteiger partial charge is 0.467 e. The molecule has 0 aliphatic carbocycles. The van der Waals surface area contributed by atoms with Crippen LogP contribution in [0.25, 0.3) is 0 Å². The number of benzene rings is 1. The number of aryl methyl sites for hydroxylation is 1. The third kappa shape index (κ3) is 23.6. The molecule has 1 aromatic rings. The van der Waals surface area contributed by atoms with E-state index in [9.17, 15) is 18.0 Å². The first-order chi connectivity index (χ1) is 28.7. The van der Waals surface area contributed by atoms with Crippen molar-refractivity contribution >= 4 is 21.7 Å². The van der Waals surface area contributed by atoms with Gasteiger partial charge in [0.25, 0.3) is 0 Å². The van der Waals surface area contributed by atoms with E-state index in [2.05, 4.69) is 62.5 Å². The van der Waals surface area contributed by atoms with Crippen molar-refractivity contribution in [1.29, 1.82) is 0 Å². The highest BCUT2D eigenvalue weighted by atomic mass is 32.2. The molecule has 1 aromatic carbocycles. The van der Waals surface area contributed by atoms with Gasteiger partial charge in [-0.05, 0) is 108 Å². The predicted octanol–water partition coefficient (Wildman–Crippen LogP) is 14.3. The molecule has 6 nitrogen and oxygen atoms in total. The second kappa shape index (κ2) is 33.7. The van der Waals surface area contributed by atoms with Crippen LogP contribution in [0.15, 0.2) is 77.8 Å². The Morgan fingerprint density at radius 3 is 1.51 bits per heavy atom. The van der Waals surface area contributed by atoms with Gasteiger partial charge in [-0.3, -0.25) is 4.79 Å². The average Bonchev–Trinajstić information content (AvgIpc) is 3.70. The van der Waals surface area contributed by atoms with E-state index in [0.29, 0.717) is 6.42 Å². The van der Waals surface area contributed by atoms with Gasteiger partial charge in [0.2, 0.25) is 5.91 Å². The molecular weight excluding hydrogens is 751 g/mol. The fourth-order valence-corrected chi connectivity index (χ4v) is 9.83. The summed E-state index contributed by atoms with van der Waals surface area (Å²) < 4.78 is 32.4. The van der Waals surface area contributed by atoms with Gasteiger partial charge in [0, 0.05) is 13.0 Å². The van der Waals surface area contributed by atoms with E-state index >= 15 is 0 Å². The smallest absolute Gasteiger partial charge is 0.328 e. The van der Waals surface area contributed by atoms with E-state index in [1.165, 1.54) is 128 Å². The van der Waals surface area contributed by atoms with Crippen LogP contribution in [0, 0.1) is 12.8 Å². The summed E-state index contributed by atoms with van der Waals surface area (Å²) in [6.07, 6.45) is 49.9. The number of likely N-dealkylation sites (tertiary alicyclic amines) is 1. The average molecular weight is 836 g/mol. The fourth-order valence-electron chi connectivity index (χ4n) is 8.13. The van der Waals surface area contributed by atoms with E-state index in [4.69, 9.17) is 4.74 Å². The zero-order valence-corrected chi connectivity index (χ0v) is 38.9. The predicted molar refractivity (Wildman–Crippen MR) is 250 cm³/mol. The first-order valence-corrected chi connectivity index (χ1v) is 25.6. The van der Waals surface area contributed by atoms with Crippen LogP contribution in [-0.2, 0) is 24.2 Å². The number of allylic oxidation sites excluding steroid dienone is 8. The van der Waals surface area contributed by atoms with Crippen LogP contribution in [-0.4, -0.2) is 50.1 Å². The maximum Gasteiger partial charge on any atom is 0.328 e. The molecule has 334 valence electrons. The number of rotatable bonds is 35. The van der Waals surface area contributed by atoms with Crippen molar-refractivity contribution in [2.45, 2.75) is 217 Å². The van der Waals surface area contributed by atoms with Crippen LogP contribution in [0.1, 0.15) is 199 Å². The molecule has 7 heteroatoms. The van der Waals surface area contributed by atoms with Crippen molar-refractivity contribution in [2.24, 2.45) is 5.92 Å². The number of unbranched alkanes of at least 4 members (excludes halogenated alkanes) is 18. The monoisotopic (exact) mass is 836 g/mol. The summed E-state index contributed by atoms with van der Waals surface area (Å²) in [7, 11) is -2.40. The molecule has 0 spiro atoms. The minimum atomic E-state index is -3.72. The summed E-state index contributed by atoms with van der Waals surface area (Å²) in [4.78, 5) is 28.7. The van der Waals surface area contributed by atoms with E-state index < -0.39 is 27.1 Å². The third-order valence-corrected chi connectivity index (χ3v) is 14.1. The van der Waals surface area contributed by atoms with E-state index in [1.54, 1.807) is 24.3 Å². The first kappa shape index (κ1) is 52.2. The Kier molecular flexibility index (Phi) is 29.9. The van der Waals surface area contributed by atoms with Crippen LogP contribution < -0.4 is 0 Å². The quantitative estimate of drug-likeness (QED) is 0.0386. The van der Waals surface area contributed by atoms with E-state index in [1.807, 2.05) is 6.92 Å². The lowest BCUT2D eigenvalue weighted by Gasteiger charge is -2.25. The van der Waals surface area contributed by atoms with Crippen LogP contribution in [0.3, 0.4) is 0 Å². The Labute approximate surface area is 362 Å². The number of sulfone groups is 1. The molecule has 2 atom stereocenters. The normalized spacial score (nSPS) is 16.7. The van der Waals surface area contributed by atoms with E-state index in [-0.39, 0.29) is 29.7 Å². The second-order valence-electron chi connectivity index (χ2n) is 17.1. The van der Waals surface area contributed by atoms with Gasteiger partial charge in [-0.2, -0.15) is 0 Å². The van der Waals surface area contributed by atoms with Gasteiger partial charge in [-0.1, -0.05) is 170 Å². The maximum absolute atomic E-state index is 14.0. The summed E-state index contributed by atoms with van der Waals surface area (Å²) >= 11 is 0. The van der Waals surface area contributed by atoms with Crippen LogP contribution in [0.5, 0.6) is 0 Å². The molecule has 1 saturated heterocycles.